The van der Waals surface area contributed by atoms with E-state index in [0.717, 1.165) is 0 Å². The maximum Gasteiger partial charge on any atom is 0.404 e. The predicted octanol–water partition coefficient (Wildman–Crippen LogP) is -0.279. The zero-order valence-electron chi connectivity index (χ0n) is 8.61. The summed E-state index contributed by atoms with van der Waals surface area (Å²) in [5.41, 5.74) is 4.80. The summed E-state index contributed by atoms with van der Waals surface area (Å²) in [5, 5.41) is 0. The molecule has 0 spiro atoms. The van der Waals surface area contributed by atoms with Gasteiger partial charge in [-0.05, 0) is 6.42 Å². The van der Waals surface area contributed by atoms with Crippen molar-refractivity contribution in [2.75, 3.05) is 32.9 Å². The molecule has 6 nitrogen and oxygen atoms in total. The molecule has 0 aromatic rings. The first-order valence-corrected chi connectivity index (χ1v) is 4.98. The molecule has 2 amide bonds. The molecule has 0 bridgehead atoms. The van der Waals surface area contributed by atoms with Crippen LogP contribution in [-0.2, 0) is 14.3 Å². The van der Waals surface area contributed by atoms with Crippen molar-refractivity contribution in [2.24, 2.45) is 5.73 Å². The molecule has 15 heavy (non-hydrogen) atoms. The van der Waals surface area contributed by atoms with E-state index in [2.05, 4.69) is 4.74 Å². The number of hydrogen-bond donors (Lipinski definition) is 1. The van der Waals surface area contributed by atoms with Crippen LogP contribution in [0, 0.1) is 0 Å². The Morgan fingerprint density at radius 2 is 2.33 bits per heavy atom. The largest absolute Gasteiger partial charge is 0.450 e. The van der Waals surface area contributed by atoms with Gasteiger partial charge in [-0.2, -0.15) is 0 Å². The van der Waals surface area contributed by atoms with Crippen molar-refractivity contribution in [3.05, 3.63) is 0 Å². The molecule has 0 aliphatic carbocycles. The Hall–Kier alpha value is -1.30. The number of hydrogen-bond acceptors (Lipinski definition) is 4. The van der Waals surface area contributed by atoms with Crippen LogP contribution in [0.2, 0.25) is 0 Å². The van der Waals surface area contributed by atoms with Gasteiger partial charge in [0.05, 0.1) is 26.2 Å². The molecule has 2 N–H and O–H groups in total. The molecule has 0 atom stereocenters. The van der Waals surface area contributed by atoms with Gasteiger partial charge < -0.3 is 20.1 Å². The van der Waals surface area contributed by atoms with Crippen molar-refractivity contribution in [1.82, 2.24) is 4.90 Å². The normalized spacial score (nSPS) is 17.3. The van der Waals surface area contributed by atoms with Crippen LogP contribution in [-0.4, -0.2) is 49.8 Å². The second-order valence-corrected chi connectivity index (χ2v) is 3.26. The Morgan fingerprint density at radius 1 is 1.53 bits per heavy atom. The van der Waals surface area contributed by atoms with Crippen LogP contribution in [0.3, 0.4) is 0 Å². The minimum Gasteiger partial charge on any atom is -0.450 e. The van der Waals surface area contributed by atoms with Crippen molar-refractivity contribution < 1.29 is 19.1 Å². The molecule has 6 heteroatoms. The Balaban J connectivity index is 2.18. The molecular weight excluding hydrogens is 200 g/mol. The molecular formula is C9H16N2O4. The lowest BCUT2D eigenvalue weighted by atomic mass is 10.3. The third-order valence-electron chi connectivity index (χ3n) is 2.14. The molecule has 1 aliphatic heterocycles. The molecule has 0 aromatic carbocycles. The van der Waals surface area contributed by atoms with Crippen LogP contribution < -0.4 is 5.73 Å². The lowest BCUT2D eigenvalue weighted by Crippen LogP contribution is -2.33. The van der Waals surface area contributed by atoms with E-state index in [9.17, 15) is 9.59 Å². The first-order valence-electron chi connectivity index (χ1n) is 4.98. The predicted molar refractivity (Wildman–Crippen MR) is 52.2 cm³/mol. The molecule has 0 unspecified atom stereocenters. The SMILES string of the molecule is NC(=O)OCCCN1CCOCCC1=O. The fraction of sp³-hybridized carbons (Fsp3) is 0.778. The van der Waals surface area contributed by atoms with E-state index in [1.165, 1.54) is 0 Å². The number of rotatable bonds is 4. The highest BCUT2D eigenvalue weighted by Gasteiger charge is 2.15. The van der Waals surface area contributed by atoms with Crippen LogP contribution in [0.4, 0.5) is 4.79 Å². The summed E-state index contributed by atoms with van der Waals surface area (Å²) < 4.78 is 9.74. The number of primary amides is 1. The van der Waals surface area contributed by atoms with Crippen LogP contribution in [0.25, 0.3) is 0 Å². The third kappa shape index (κ3) is 4.64. The van der Waals surface area contributed by atoms with Crippen LogP contribution in [0.1, 0.15) is 12.8 Å². The van der Waals surface area contributed by atoms with Crippen LogP contribution >= 0.6 is 0 Å². The van der Waals surface area contributed by atoms with E-state index in [-0.39, 0.29) is 12.5 Å². The summed E-state index contributed by atoms with van der Waals surface area (Å²) in [6.07, 6.45) is 0.256. The Kier molecular flexibility index (Phi) is 4.89. The van der Waals surface area contributed by atoms with Gasteiger partial charge in [0.25, 0.3) is 0 Å². The highest BCUT2D eigenvalue weighted by atomic mass is 16.5. The van der Waals surface area contributed by atoms with Crippen LogP contribution in [0.5, 0.6) is 0 Å². The highest BCUT2D eigenvalue weighted by Crippen LogP contribution is 2.02. The van der Waals surface area contributed by atoms with E-state index in [0.29, 0.717) is 39.1 Å². The molecule has 1 heterocycles. The molecule has 0 aromatic heterocycles. The average Bonchev–Trinajstić information content (AvgIpc) is 2.38. The van der Waals surface area contributed by atoms with Crippen molar-refractivity contribution >= 4 is 12.0 Å². The van der Waals surface area contributed by atoms with Crippen molar-refractivity contribution in [2.45, 2.75) is 12.8 Å². The first kappa shape index (κ1) is 11.8. The monoisotopic (exact) mass is 216 g/mol. The average molecular weight is 216 g/mol. The fourth-order valence-corrected chi connectivity index (χ4v) is 1.38. The molecule has 86 valence electrons. The van der Waals surface area contributed by atoms with Gasteiger partial charge in [0.15, 0.2) is 0 Å². The summed E-state index contributed by atoms with van der Waals surface area (Å²) in [5.74, 6) is 0.0894. The highest BCUT2D eigenvalue weighted by molar-refractivity contribution is 5.76. The smallest absolute Gasteiger partial charge is 0.404 e. The van der Waals surface area contributed by atoms with Gasteiger partial charge in [0, 0.05) is 13.1 Å². The van der Waals surface area contributed by atoms with Gasteiger partial charge >= 0.3 is 6.09 Å². The molecule has 0 saturated carbocycles. The molecule has 0 radical (unpaired) electrons. The van der Waals surface area contributed by atoms with Gasteiger partial charge in [-0.25, -0.2) is 4.79 Å². The van der Waals surface area contributed by atoms with Gasteiger partial charge in [0.2, 0.25) is 5.91 Å². The zero-order chi connectivity index (χ0) is 11.1. The summed E-state index contributed by atoms with van der Waals surface area (Å²) in [7, 11) is 0. The number of carbonyl (C=O) groups excluding carboxylic acids is 2. The summed E-state index contributed by atoms with van der Waals surface area (Å²) in [4.78, 5) is 23.4. The quantitative estimate of drug-likeness (QED) is 0.655. The lowest BCUT2D eigenvalue weighted by molar-refractivity contribution is -0.130. The van der Waals surface area contributed by atoms with E-state index in [1.54, 1.807) is 4.90 Å². The minimum absolute atomic E-state index is 0.0894. The second kappa shape index (κ2) is 6.23. The van der Waals surface area contributed by atoms with Gasteiger partial charge in [-0.1, -0.05) is 0 Å². The number of amides is 2. The second-order valence-electron chi connectivity index (χ2n) is 3.26. The number of carbonyl (C=O) groups is 2. The summed E-state index contributed by atoms with van der Waals surface area (Å²) in [6, 6.07) is 0. The zero-order valence-corrected chi connectivity index (χ0v) is 8.61. The maximum absolute atomic E-state index is 11.5. The first-order chi connectivity index (χ1) is 7.20. The van der Waals surface area contributed by atoms with Crippen molar-refractivity contribution in [3.8, 4) is 0 Å². The van der Waals surface area contributed by atoms with Crippen LogP contribution in [0.15, 0.2) is 0 Å². The standard InChI is InChI=1S/C9H16N2O4/c10-9(13)15-5-1-3-11-4-7-14-6-2-8(11)12/h1-7H2,(H2,10,13). The molecule has 1 fully saturated rings. The van der Waals surface area contributed by atoms with Gasteiger partial charge in [-0.3, -0.25) is 4.79 Å². The van der Waals surface area contributed by atoms with E-state index in [1.807, 2.05) is 0 Å². The Morgan fingerprint density at radius 3 is 3.07 bits per heavy atom. The fourth-order valence-electron chi connectivity index (χ4n) is 1.38. The van der Waals surface area contributed by atoms with E-state index in [4.69, 9.17) is 10.5 Å². The number of nitrogens with two attached hydrogens (primary N) is 1. The number of nitrogens with zero attached hydrogens (tertiary/aromatic N) is 1. The Labute approximate surface area is 88.3 Å². The summed E-state index contributed by atoms with van der Waals surface area (Å²) >= 11 is 0. The topological polar surface area (TPSA) is 81.9 Å². The number of ether oxygens (including phenoxy) is 2. The molecule has 1 aliphatic rings. The minimum atomic E-state index is -0.777. The maximum atomic E-state index is 11.5. The van der Waals surface area contributed by atoms with E-state index < -0.39 is 6.09 Å². The summed E-state index contributed by atoms with van der Waals surface area (Å²) in [6.45, 7) is 2.50. The van der Waals surface area contributed by atoms with Crippen molar-refractivity contribution in [1.29, 1.82) is 0 Å². The van der Waals surface area contributed by atoms with Gasteiger partial charge in [-0.15, -0.1) is 0 Å². The molecule has 1 rings (SSSR count). The lowest BCUT2D eigenvalue weighted by Gasteiger charge is -2.19. The van der Waals surface area contributed by atoms with Crippen molar-refractivity contribution in [3.63, 3.8) is 0 Å². The Bertz CT molecular complexity index is 232. The third-order valence-corrected chi connectivity index (χ3v) is 2.14. The van der Waals surface area contributed by atoms with E-state index >= 15 is 0 Å². The molecule has 1 saturated heterocycles. The van der Waals surface area contributed by atoms with Gasteiger partial charge in [0.1, 0.15) is 0 Å².